The zero-order valence-electron chi connectivity index (χ0n) is 14.9. The number of nitrogens with zero attached hydrogens (tertiary/aromatic N) is 4. The number of alkyl halides is 2. The second-order valence-corrected chi connectivity index (χ2v) is 6.83. The van der Waals surface area contributed by atoms with Gasteiger partial charge in [0, 0.05) is 49.3 Å². The molecule has 0 saturated carbocycles. The highest BCUT2D eigenvalue weighted by molar-refractivity contribution is 5.79. The van der Waals surface area contributed by atoms with Gasteiger partial charge < -0.3 is 10.2 Å². The third-order valence-corrected chi connectivity index (χ3v) is 4.80. The fourth-order valence-electron chi connectivity index (χ4n) is 3.34. The normalized spacial score (nSPS) is 16.5. The molecule has 1 saturated heterocycles. The van der Waals surface area contributed by atoms with E-state index >= 15 is 0 Å². The topological polar surface area (TPSA) is 72.2 Å². The van der Waals surface area contributed by atoms with Crippen molar-refractivity contribution in [3.63, 3.8) is 0 Å². The van der Waals surface area contributed by atoms with Crippen LogP contribution in [0.3, 0.4) is 0 Å². The summed E-state index contributed by atoms with van der Waals surface area (Å²) in [7, 11) is 3.66. The minimum atomic E-state index is -2.75. The number of hydrogen-bond acceptors (Lipinski definition) is 4. The summed E-state index contributed by atoms with van der Waals surface area (Å²) >= 11 is 0. The van der Waals surface area contributed by atoms with Crippen molar-refractivity contribution in [1.29, 1.82) is 0 Å². The number of nitrogens with one attached hydrogen (secondary N) is 1. The molecule has 0 unspecified atom stereocenters. The maximum Gasteiger partial charge on any atom is 0.264 e. The number of rotatable bonds is 5. The second kappa shape index (κ2) is 7.53. The van der Waals surface area contributed by atoms with E-state index in [4.69, 9.17) is 0 Å². The zero-order chi connectivity index (χ0) is 18.8. The van der Waals surface area contributed by atoms with Crippen LogP contribution >= 0.6 is 0 Å². The zero-order valence-corrected chi connectivity index (χ0v) is 14.9. The number of pyridine rings is 1. The van der Waals surface area contributed by atoms with Gasteiger partial charge in [0.2, 0.25) is 5.91 Å². The molecular weight excluding hydrogens is 344 g/mol. The quantitative estimate of drug-likeness (QED) is 0.864. The van der Waals surface area contributed by atoms with E-state index in [-0.39, 0.29) is 41.5 Å². The molecule has 1 amide bonds. The van der Waals surface area contributed by atoms with E-state index in [0.717, 1.165) is 32.0 Å². The van der Waals surface area contributed by atoms with Crippen molar-refractivity contribution in [2.45, 2.75) is 38.3 Å². The number of amides is 1. The van der Waals surface area contributed by atoms with E-state index in [9.17, 15) is 18.4 Å². The summed E-state index contributed by atoms with van der Waals surface area (Å²) in [5.74, 6) is -0.145. The lowest BCUT2D eigenvalue weighted by Crippen LogP contribution is -2.43. The standard InChI is InChI=1S/C17H23F2N5O2/c1-22-6-3-11(4-7-22)20-14(25)5-8-24-15(26)9-12(16(18)19)13-10-23(2)21-17(13)24/h9-11,16H,3-8H2,1-2H3,(H,20,25). The molecular formula is C17H23F2N5O2. The largest absolute Gasteiger partial charge is 0.353 e. The Labute approximate surface area is 149 Å². The Bertz CT molecular complexity index is 853. The Morgan fingerprint density at radius 3 is 2.69 bits per heavy atom. The molecule has 0 bridgehead atoms. The minimum Gasteiger partial charge on any atom is -0.353 e. The molecule has 3 heterocycles. The number of carbonyl (C=O) groups is 1. The first-order chi connectivity index (χ1) is 12.3. The molecule has 2 aromatic rings. The first-order valence-electron chi connectivity index (χ1n) is 8.68. The van der Waals surface area contributed by atoms with E-state index < -0.39 is 12.0 Å². The Morgan fingerprint density at radius 1 is 1.35 bits per heavy atom. The predicted octanol–water partition coefficient (Wildman–Crippen LogP) is 1.27. The van der Waals surface area contributed by atoms with Crippen LogP contribution in [0.4, 0.5) is 8.78 Å². The van der Waals surface area contributed by atoms with Crippen molar-refractivity contribution in [1.82, 2.24) is 24.6 Å². The van der Waals surface area contributed by atoms with Crippen molar-refractivity contribution in [2.75, 3.05) is 20.1 Å². The summed E-state index contributed by atoms with van der Waals surface area (Å²) in [5, 5.41) is 7.35. The van der Waals surface area contributed by atoms with Crippen LogP contribution in [-0.2, 0) is 18.4 Å². The molecule has 9 heteroatoms. The van der Waals surface area contributed by atoms with Crippen LogP contribution in [0.2, 0.25) is 0 Å². The number of piperidine rings is 1. The van der Waals surface area contributed by atoms with Crippen LogP contribution in [0, 0.1) is 0 Å². The molecule has 7 nitrogen and oxygen atoms in total. The molecule has 26 heavy (non-hydrogen) atoms. The van der Waals surface area contributed by atoms with Crippen molar-refractivity contribution >= 4 is 16.9 Å². The van der Waals surface area contributed by atoms with Crippen LogP contribution in [0.25, 0.3) is 11.0 Å². The summed E-state index contributed by atoms with van der Waals surface area (Å²) in [6.45, 7) is 1.98. The Kier molecular flexibility index (Phi) is 5.36. The van der Waals surface area contributed by atoms with Crippen molar-refractivity contribution in [3.8, 4) is 0 Å². The molecule has 0 spiro atoms. The number of carbonyl (C=O) groups excluding carboxylic acids is 1. The van der Waals surface area contributed by atoms with Gasteiger partial charge in [-0.05, 0) is 33.0 Å². The van der Waals surface area contributed by atoms with Crippen molar-refractivity contribution in [2.24, 2.45) is 7.05 Å². The first kappa shape index (κ1) is 18.5. The van der Waals surface area contributed by atoms with Gasteiger partial charge in [0.05, 0.1) is 0 Å². The monoisotopic (exact) mass is 367 g/mol. The fourth-order valence-corrected chi connectivity index (χ4v) is 3.34. The van der Waals surface area contributed by atoms with Crippen LogP contribution in [-0.4, -0.2) is 51.3 Å². The highest BCUT2D eigenvalue weighted by Crippen LogP contribution is 2.25. The van der Waals surface area contributed by atoms with E-state index in [2.05, 4.69) is 15.3 Å². The van der Waals surface area contributed by atoms with Gasteiger partial charge in [0.15, 0.2) is 5.65 Å². The molecule has 2 aromatic heterocycles. The van der Waals surface area contributed by atoms with Gasteiger partial charge in [-0.25, -0.2) is 8.78 Å². The molecule has 1 fully saturated rings. The van der Waals surface area contributed by atoms with Gasteiger partial charge in [-0.3, -0.25) is 18.8 Å². The van der Waals surface area contributed by atoms with Crippen molar-refractivity contribution in [3.05, 3.63) is 28.2 Å². The predicted molar refractivity (Wildman–Crippen MR) is 93.2 cm³/mol. The van der Waals surface area contributed by atoms with Gasteiger partial charge in [-0.1, -0.05) is 0 Å². The maximum atomic E-state index is 13.2. The average Bonchev–Trinajstić information content (AvgIpc) is 2.96. The number of aromatic nitrogens is 3. The lowest BCUT2D eigenvalue weighted by Gasteiger charge is -2.29. The lowest BCUT2D eigenvalue weighted by molar-refractivity contribution is -0.122. The minimum absolute atomic E-state index is 0.103. The van der Waals surface area contributed by atoms with E-state index in [1.54, 1.807) is 7.05 Å². The fraction of sp³-hybridized carbons (Fsp3) is 0.588. The van der Waals surface area contributed by atoms with E-state index in [0.29, 0.717) is 0 Å². The maximum absolute atomic E-state index is 13.2. The van der Waals surface area contributed by atoms with E-state index in [1.165, 1.54) is 15.4 Å². The smallest absolute Gasteiger partial charge is 0.264 e. The average molecular weight is 367 g/mol. The van der Waals surface area contributed by atoms with Gasteiger partial charge in [-0.15, -0.1) is 0 Å². The Hall–Kier alpha value is -2.29. The summed E-state index contributed by atoms with van der Waals surface area (Å²) < 4.78 is 29.0. The van der Waals surface area contributed by atoms with E-state index in [1.807, 2.05) is 7.05 Å². The summed E-state index contributed by atoms with van der Waals surface area (Å²) in [6.07, 6.45) is 0.611. The van der Waals surface area contributed by atoms with Gasteiger partial charge >= 0.3 is 0 Å². The number of aryl methyl sites for hydroxylation is 2. The molecule has 0 radical (unpaired) electrons. The summed E-state index contributed by atoms with van der Waals surface area (Å²) in [5.41, 5.74) is -0.717. The molecule has 1 aliphatic rings. The van der Waals surface area contributed by atoms with Crippen LogP contribution < -0.4 is 10.9 Å². The number of likely N-dealkylation sites (tertiary alicyclic amines) is 1. The number of fused-ring (bicyclic) bond motifs is 1. The summed E-state index contributed by atoms with van der Waals surface area (Å²) in [4.78, 5) is 26.7. The van der Waals surface area contributed by atoms with Crippen LogP contribution in [0.1, 0.15) is 31.3 Å². The number of hydrogen-bond donors (Lipinski definition) is 1. The molecule has 3 rings (SSSR count). The van der Waals surface area contributed by atoms with Crippen LogP contribution in [0.5, 0.6) is 0 Å². The lowest BCUT2D eigenvalue weighted by atomic mass is 10.1. The molecule has 142 valence electrons. The first-order valence-corrected chi connectivity index (χ1v) is 8.68. The molecule has 0 atom stereocenters. The molecule has 0 aliphatic carbocycles. The SMILES string of the molecule is CN1CCC(NC(=O)CCn2c(=O)cc(C(F)F)c3cn(C)nc32)CC1. The van der Waals surface area contributed by atoms with Gasteiger partial charge in [0.25, 0.3) is 12.0 Å². The Morgan fingerprint density at radius 2 is 2.04 bits per heavy atom. The third kappa shape index (κ3) is 3.92. The number of halogens is 2. The molecule has 0 aromatic carbocycles. The highest BCUT2D eigenvalue weighted by Gasteiger charge is 2.20. The van der Waals surface area contributed by atoms with Gasteiger partial charge in [0.1, 0.15) is 0 Å². The Balaban J connectivity index is 1.73. The van der Waals surface area contributed by atoms with Gasteiger partial charge in [-0.2, -0.15) is 5.10 Å². The highest BCUT2D eigenvalue weighted by atomic mass is 19.3. The second-order valence-electron chi connectivity index (χ2n) is 6.83. The molecule has 1 aliphatic heterocycles. The van der Waals surface area contributed by atoms with Crippen LogP contribution in [0.15, 0.2) is 17.1 Å². The molecule has 1 N–H and O–H groups in total. The third-order valence-electron chi connectivity index (χ3n) is 4.80. The summed E-state index contributed by atoms with van der Waals surface area (Å²) in [6, 6.07) is 1.08. The van der Waals surface area contributed by atoms with Crippen molar-refractivity contribution < 1.29 is 13.6 Å².